The zero-order chi connectivity index (χ0) is 11.7. The lowest BCUT2D eigenvalue weighted by Crippen LogP contribution is -2.38. The highest BCUT2D eigenvalue weighted by atomic mass is 16.7. The Kier molecular flexibility index (Phi) is 3.41. The summed E-state index contributed by atoms with van der Waals surface area (Å²) in [6.07, 6.45) is 1.27. The molecule has 1 saturated carbocycles. The summed E-state index contributed by atoms with van der Waals surface area (Å²) in [5.41, 5.74) is -0.500. The van der Waals surface area contributed by atoms with Gasteiger partial charge in [-0.15, -0.1) is 0 Å². The lowest BCUT2D eigenvalue weighted by atomic mass is 9.88. The summed E-state index contributed by atoms with van der Waals surface area (Å²) in [5.74, 6) is -0.662. The summed E-state index contributed by atoms with van der Waals surface area (Å²) in [6, 6.07) is 0. The molecule has 0 aliphatic heterocycles. The maximum atomic E-state index is 11.7. The number of methoxy groups -OCH3 is 3. The molecule has 1 aliphatic rings. The fourth-order valence-electron chi connectivity index (χ4n) is 2.65. The van der Waals surface area contributed by atoms with Crippen LogP contribution in [-0.2, 0) is 19.0 Å². The van der Waals surface area contributed by atoms with E-state index in [9.17, 15) is 4.79 Å². The zero-order valence-corrected chi connectivity index (χ0v) is 10.1. The lowest BCUT2D eigenvalue weighted by Gasteiger charge is -2.31. The first-order valence-electron chi connectivity index (χ1n) is 5.13. The van der Waals surface area contributed by atoms with E-state index in [2.05, 4.69) is 0 Å². The first-order valence-corrected chi connectivity index (χ1v) is 5.13. The molecule has 2 atom stereocenters. The number of rotatable bonds is 3. The average Bonchev–Trinajstić information content (AvgIpc) is 2.50. The van der Waals surface area contributed by atoms with E-state index in [4.69, 9.17) is 14.2 Å². The van der Waals surface area contributed by atoms with Crippen LogP contribution in [0.3, 0.4) is 0 Å². The van der Waals surface area contributed by atoms with Crippen LogP contribution in [-0.4, -0.2) is 33.1 Å². The third-order valence-corrected chi connectivity index (χ3v) is 3.51. The van der Waals surface area contributed by atoms with E-state index in [1.54, 1.807) is 14.2 Å². The highest BCUT2D eigenvalue weighted by Gasteiger charge is 2.55. The van der Waals surface area contributed by atoms with Crippen molar-refractivity contribution in [2.45, 2.75) is 32.5 Å². The van der Waals surface area contributed by atoms with Gasteiger partial charge >= 0.3 is 5.97 Å². The van der Waals surface area contributed by atoms with Gasteiger partial charge in [0.15, 0.2) is 5.79 Å². The summed E-state index contributed by atoms with van der Waals surface area (Å²) in [7, 11) is 4.64. The van der Waals surface area contributed by atoms with Gasteiger partial charge in [0.05, 0.1) is 12.5 Å². The molecule has 1 fully saturated rings. The fraction of sp³-hybridized carbons (Fsp3) is 0.909. The molecule has 0 saturated heterocycles. The van der Waals surface area contributed by atoms with Gasteiger partial charge < -0.3 is 14.2 Å². The Balaban J connectivity index is 2.91. The Morgan fingerprint density at radius 1 is 1.27 bits per heavy atom. The van der Waals surface area contributed by atoms with Gasteiger partial charge in [0.2, 0.25) is 0 Å². The summed E-state index contributed by atoms with van der Waals surface area (Å²) in [6.45, 7) is 3.93. The van der Waals surface area contributed by atoms with E-state index >= 15 is 0 Å². The van der Waals surface area contributed by atoms with Gasteiger partial charge in [-0.25, -0.2) is 0 Å². The van der Waals surface area contributed by atoms with Crippen LogP contribution >= 0.6 is 0 Å². The van der Waals surface area contributed by atoms with Crippen molar-refractivity contribution in [2.24, 2.45) is 11.3 Å². The van der Waals surface area contributed by atoms with Gasteiger partial charge in [0, 0.05) is 26.6 Å². The molecule has 0 bridgehead atoms. The molecule has 0 heterocycles. The van der Waals surface area contributed by atoms with Crippen LogP contribution in [0.15, 0.2) is 0 Å². The van der Waals surface area contributed by atoms with Crippen molar-refractivity contribution in [3.8, 4) is 0 Å². The molecule has 4 nitrogen and oxygen atoms in total. The minimum absolute atomic E-state index is 0.177. The maximum absolute atomic E-state index is 11.7. The highest BCUT2D eigenvalue weighted by molar-refractivity contribution is 5.76. The Morgan fingerprint density at radius 2 is 1.80 bits per heavy atom. The summed E-state index contributed by atoms with van der Waals surface area (Å²) in [4.78, 5) is 11.7. The molecule has 1 rings (SSSR count). The second-order valence-corrected chi connectivity index (χ2v) is 4.55. The van der Waals surface area contributed by atoms with E-state index in [0.29, 0.717) is 6.42 Å². The van der Waals surface area contributed by atoms with Crippen molar-refractivity contribution >= 4 is 5.97 Å². The Bertz CT molecular complexity index is 247. The number of carbonyl (C=O) groups excluding carboxylic acids is 1. The summed E-state index contributed by atoms with van der Waals surface area (Å²) >= 11 is 0. The van der Waals surface area contributed by atoms with Crippen molar-refractivity contribution in [1.82, 2.24) is 0 Å². The molecular weight excluding hydrogens is 196 g/mol. The van der Waals surface area contributed by atoms with E-state index < -0.39 is 11.2 Å². The van der Waals surface area contributed by atoms with Crippen molar-refractivity contribution in [3.05, 3.63) is 0 Å². The molecule has 15 heavy (non-hydrogen) atoms. The molecular formula is C11H20O4. The van der Waals surface area contributed by atoms with Crippen LogP contribution in [0.1, 0.15) is 26.7 Å². The molecule has 0 spiro atoms. The molecule has 0 aromatic carbocycles. The smallest absolute Gasteiger partial charge is 0.311 e. The van der Waals surface area contributed by atoms with Crippen LogP contribution in [0.25, 0.3) is 0 Å². The third kappa shape index (κ3) is 1.88. The molecule has 0 radical (unpaired) electrons. The van der Waals surface area contributed by atoms with Gasteiger partial charge in [-0.2, -0.15) is 0 Å². The first kappa shape index (κ1) is 12.5. The van der Waals surface area contributed by atoms with E-state index in [1.807, 2.05) is 13.8 Å². The quantitative estimate of drug-likeness (QED) is 0.531. The second-order valence-electron chi connectivity index (χ2n) is 4.55. The molecule has 0 unspecified atom stereocenters. The first-order chi connectivity index (χ1) is 6.94. The standard InChI is InChI=1S/C11H20O4/c1-8-6-10(2,9(12)13-3)7-11(8,14-4)15-5/h8H,6-7H2,1-5H3/t8-,10-/m1/s1. The number of carbonyl (C=O) groups is 1. The van der Waals surface area contributed by atoms with Crippen LogP contribution in [0, 0.1) is 11.3 Å². The number of hydrogen-bond donors (Lipinski definition) is 0. The van der Waals surface area contributed by atoms with E-state index in [1.165, 1.54) is 7.11 Å². The van der Waals surface area contributed by atoms with Crippen molar-refractivity contribution in [1.29, 1.82) is 0 Å². The van der Waals surface area contributed by atoms with Crippen LogP contribution in [0.4, 0.5) is 0 Å². The Hall–Kier alpha value is -0.610. The molecule has 1 aliphatic carbocycles. The largest absolute Gasteiger partial charge is 0.469 e. The number of ether oxygens (including phenoxy) is 3. The monoisotopic (exact) mass is 216 g/mol. The van der Waals surface area contributed by atoms with Crippen LogP contribution in [0.5, 0.6) is 0 Å². The van der Waals surface area contributed by atoms with E-state index in [0.717, 1.165) is 6.42 Å². The molecule has 4 heteroatoms. The summed E-state index contributed by atoms with van der Waals surface area (Å²) in [5, 5.41) is 0. The van der Waals surface area contributed by atoms with Crippen molar-refractivity contribution in [3.63, 3.8) is 0 Å². The van der Waals surface area contributed by atoms with Gasteiger partial charge in [-0.05, 0) is 13.3 Å². The molecule has 0 aromatic heterocycles. The Labute approximate surface area is 90.9 Å². The molecule has 88 valence electrons. The number of esters is 1. The molecule has 0 amide bonds. The highest BCUT2D eigenvalue weighted by Crippen LogP contribution is 2.50. The zero-order valence-electron chi connectivity index (χ0n) is 10.1. The Morgan fingerprint density at radius 3 is 2.13 bits per heavy atom. The topological polar surface area (TPSA) is 44.8 Å². The fourth-order valence-corrected chi connectivity index (χ4v) is 2.65. The predicted molar refractivity (Wildman–Crippen MR) is 55.3 cm³/mol. The minimum atomic E-state index is -0.650. The molecule has 0 aromatic rings. The van der Waals surface area contributed by atoms with Gasteiger partial charge in [0.25, 0.3) is 0 Å². The normalized spacial score (nSPS) is 34.1. The average molecular weight is 216 g/mol. The molecule has 0 N–H and O–H groups in total. The van der Waals surface area contributed by atoms with Crippen LogP contribution in [0.2, 0.25) is 0 Å². The van der Waals surface area contributed by atoms with Crippen molar-refractivity contribution in [2.75, 3.05) is 21.3 Å². The SMILES string of the molecule is COC(=O)[C@]1(C)C[C@@H](C)C(OC)(OC)C1. The maximum Gasteiger partial charge on any atom is 0.311 e. The van der Waals surface area contributed by atoms with Crippen LogP contribution < -0.4 is 0 Å². The van der Waals surface area contributed by atoms with E-state index in [-0.39, 0.29) is 11.9 Å². The predicted octanol–water partition coefficient (Wildman–Crippen LogP) is 1.58. The van der Waals surface area contributed by atoms with Gasteiger partial charge in [-0.1, -0.05) is 6.92 Å². The number of hydrogen-bond acceptors (Lipinski definition) is 4. The lowest BCUT2D eigenvalue weighted by molar-refractivity contribution is -0.228. The van der Waals surface area contributed by atoms with Crippen molar-refractivity contribution < 1.29 is 19.0 Å². The summed E-state index contributed by atoms with van der Waals surface area (Å²) < 4.78 is 15.7. The minimum Gasteiger partial charge on any atom is -0.469 e. The second kappa shape index (κ2) is 4.10. The third-order valence-electron chi connectivity index (χ3n) is 3.51. The van der Waals surface area contributed by atoms with Gasteiger partial charge in [-0.3, -0.25) is 4.79 Å². The van der Waals surface area contributed by atoms with Gasteiger partial charge in [0.1, 0.15) is 0 Å².